The lowest BCUT2D eigenvalue weighted by molar-refractivity contribution is -0.383. The van der Waals surface area contributed by atoms with Crippen LogP contribution < -0.4 is 0 Å². The largest absolute Gasteiger partial charge is 0.395 e. The predicted molar refractivity (Wildman–Crippen MR) is 81.0 cm³/mol. The Hall–Kier alpha value is -2.41. The van der Waals surface area contributed by atoms with Crippen LogP contribution in [0.25, 0.3) is 10.9 Å². The number of aryl methyl sites for hydroxylation is 1. The molecule has 0 radical (unpaired) electrons. The van der Waals surface area contributed by atoms with Crippen molar-refractivity contribution in [2.75, 3.05) is 20.2 Å². The highest BCUT2D eigenvalue weighted by Crippen LogP contribution is 2.35. The van der Waals surface area contributed by atoms with Gasteiger partial charge < -0.3 is 14.6 Å². The summed E-state index contributed by atoms with van der Waals surface area (Å²) in [5.41, 5.74) is 1.71. The van der Waals surface area contributed by atoms with Gasteiger partial charge in [0.2, 0.25) is 0 Å². The van der Waals surface area contributed by atoms with Gasteiger partial charge in [-0.25, -0.2) is 0 Å². The first kappa shape index (κ1) is 14.5. The highest BCUT2D eigenvalue weighted by atomic mass is 16.6. The molecule has 0 unspecified atom stereocenters. The van der Waals surface area contributed by atoms with Gasteiger partial charge in [0.25, 0.3) is 11.6 Å². The van der Waals surface area contributed by atoms with Gasteiger partial charge in [-0.15, -0.1) is 0 Å². The number of amides is 1. The van der Waals surface area contributed by atoms with Crippen LogP contribution in [-0.2, 0) is 13.0 Å². The fourth-order valence-corrected chi connectivity index (χ4v) is 3.20. The second kappa shape index (κ2) is 5.42. The molecule has 22 heavy (non-hydrogen) atoms. The molecule has 2 aromatic rings. The molecule has 0 saturated carbocycles. The Morgan fingerprint density at radius 2 is 2.18 bits per heavy atom. The number of nitro benzene ring substituents is 1. The van der Waals surface area contributed by atoms with Crippen LogP contribution in [0.5, 0.6) is 0 Å². The predicted octanol–water partition coefficient (Wildman–Crippen LogP) is 1.56. The Balaban J connectivity index is 2.40. The third kappa shape index (κ3) is 2.05. The van der Waals surface area contributed by atoms with Crippen LogP contribution in [0.1, 0.15) is 22.5 Å². The summed E-state index contributed by atoms with van der Waals surface area (Å²) in [6, 6.07) is 4.89. The Morgan fingerprint density at radius 3 is 2.86 bits per heavy atom. The van der Waals surface area contributed by atoms with Gasteiger partial charge in [0, 0.05) is 31.6 Å². The number of carbonyl (C=O) groups excluding carboxylic acids is 1. The number of fused-ring (bicyclic) bond motifs is 3. The number of carbonyl (C=O) groups is 1. The maximum Gasteiger partial charge on any atom is 0.293 e. The van der Waals surface area contributed by atoms with Crippen molar-refractivity contribution >= 4 is 22.5 Å². The van der Waals surface area contributed by atoms with E-state index < -0.39 is 4.92 Å². The Kier molecular flexibility index (Phi) is 3.58. The fraction of sp³-hybridized carbons (Fsp3) is 0.400. The standard InChI is InChI=1S/C15H17N3O4/c1-16-7-3-5-11-10-4-2-6-12(18(21)22)13(10)17(8-9-19)14(11)15(16)20/h2,4,6,19H,3,5,7-9H2,1H3. The molecule has 1 amide bonds. The zero-order valence-corrected chi connectivity index (χ0v) is 12.3. The van der Waals surface area contributed by atoms with Gasteiger partial charge in [0.15, 0.2) is 0 Å². The summed E-state index contributed by atoms with van der Waals surface area (Å²) in [5.74, 6) is -0.147. The number of non-ortho nitro benzene ring substituents is 1. The molecule has 1 aliphatic heterocycles. The number of hydrogen-bond acceptors (Lipinski definition) is 4. The number of aliphatic hydroxyl groups excluding tert-OH is 1. The molecule has 0 spiro atoms. The van der Waals surface area contributed by atoms with Crippen molar-refractivity contribution in [2.45, 2.75) is 19.4 Å². The van der Waals surface area contributed by atoms with Crippen molar-refractivity contribution < 1.29 is 14.8 Å². The van der Waals surface area contributed by atoms with Crippen LogP contribution in [0.4, 0.5) is 5.69 Å². The average molecular weight is 303 g/mol. The molecule has 2 heterocycles. The van der Waals surface area contributed by atoms with E-state index in [1.54, 1.807) is 22.6 Å². The quantitative estimate of drug-likeness (QED) is 0.688. The van der Waals surface area contributed by atoms with Crippen LogP contribution in [0.15, 0.2) is 18.2 Å². The first-order valence-corrected chi connectivity index (χ1v) is 7.21. The van der Waals surface area contributed by atoms with E-state index in [1.165, 1.54) is 6.07 Å². The Bertz CT molecular complexity index is 766. The monoisotopic (exact) mass is 303 g/mol. The summed E-state index contributed by atoms with van der Waals surface area (Å²) in [6.07, 6.45) is 1.51. The number of nitro groups is 1. The number of aliphatic hydroxyl groups is 1. The summed E-state index contributed by atoms with van der Waals surface area (Å²) < 4.78 is 1.60. The molecule has 116 valence electrons. The lowest BCUT2D eigenvalue weighted by Crippen LogP contribution is -2.28. The highest BCUT2D eigenvalue weighted by Gasteiger charge is 2.30. The van der Waals surface area contributed by atoms with Crippen LogP contribution in [0.3, 0.4) is 0 Å². The molecular formula is C15H17N3O4. The van der Waals surface area contributed by atoms with Gasteiger partial charge in [-0.05, 0) is 18.4 Å². The van der Waals surface area contributed by atoms with Gasteiger partial charge in [-0.1, -0.05) is 12.1 Å². The van der Waals surface area contributed by atoms with E-state index >= 15 is 0 Å². The van der Waals surface area contributed by atoms with Crippen molar-refractivity contribution in [3.8, 4) is 0 Å². The smallest absolute Gasteiger partial charge is 0.293 e. The molecule has 0 bridgehead atoms. The van der Waals surface area contributed by atoms with E-state index in [2.05, 4.69) is 0 Å². The Labute approximate surface area is 126 Å². The van der Waals surface area contributed by atoms with Crippen molar-refractivity contribution in [3.63, 3.8) is 0 Å². The van der Waals surface area contributed by atoms with Gasteiger partial charge >= 0.3 is 0 Å². The summed E-state index contributed by atoms with van der Waals surface area (Å²) in [6.45, 7) is 0.637. The van der Waals surface area contributed by atoms with Crippen molar-refractivity contribution in [1.82, 2.24) is 9.47 Å². The summed E-state index contributed by atoms with van der Waals surface area (Å²) in [7, 11) is 1.73. The maximum atomic E-state index is 12.6. The molecule has 0 fully saturated rings. The minimum atomic E-state index is -0.441. The van der Waals surface area contributed by atoms with Crippen LogP contribution in [0.2, 0.25) is 0 Å². The second-order valence-corrected chi connectivity index (χ2v) is 5.46. The molecule has 0 aliphatic carbocycles. The van der Waals surface area contributed by atoms with Crippen LogP contribution in [0, 0.1) is 10.1 Å². The maximum absolute atomic E-state index is 12.6. The van der Waals surface area contributed by atoms with Gasteiger partial charge in [-0.2, -0.15) is 0 Å². The number of nitrogens with zero attached hydrogens (tertiary/aromatic N) is 3. The highest BCUT2D eigenvalue weighted by molar-refractivity contribution is 6.04. The minimum Gasteiger partial charge on any atom is -0.395 e. The zero-order chi connectivity index (χ0) is 15.9. The number of benzene rings is 1. The SMILES string of the molecule is CN1CCCc2c(n(CCO)c3c([N+](=O)[O-])cccc23)C1=O. The number of rotatable bonds is 3. The molecule has 0 saturated heterocycles. The van der Waals surface area contributed by atoms with Crippen LogP contribution >= 0.6 is 0 Å². The summed E-state index contributed by atoms with van der Waals surface area (Å²) in [4.78, 5) is 25.2. The molecule has 1 aromatic heterocycles. The van der Waals surface area contributed by atoms with E-state index in [9.17, 15) is 20.0 Å². The summed E-state index contributed by atoms with van der Waals surface area (Å²) >= 11 is 0. The normalized spacial score (nSPS) is 15.0. The second-order valence-electron chi connectivity index (χ2n) is 5.46. The average Bonchev–Trinajstić information content (AvgIpc) is 2.72. The first-order chi connectivity index (χ1) is 10.6. The van der Waals surface area contributed by atoms with Crippen LogP contribution in [-0.4, -0.2) is 45.6 Å². The zero-order valence-electron chi connectivity index (χ0n) is 12.3. The van der Waals surface area contributed by atoms with Gasteiger partial charge in [-0.3, -0.25) is 14.9 Å². The van der Waals surface area contributed by atoms with E-state index in [4.69, 9.17) is 0 Å². The molecule has 1 aromatic carbocycles. The first-order valence-electron chi connectivity index (χ1n) is 7.21. The van der Waals surface area contributed by atoms with Crippen molar-refractivity contribution in [3.05, 3.63) is 39.6 Å². The van der Waals surface area contributed by atoms with Crippen molar-refractivity contribution in [1.29, 1.82) is 0 Å². The summed E-state index contributed by atoms with van der Waals surface area (Å²) in [5, 5.41) is 21.4. The molecule has 3 rings (SSSR count). The lowest BCUT2D eigenvalue weighted by atomic mass is 10.1. The topological polar surface area (TPSA) is 88.6 Å². The minimum absolute atomic E-state index is 0.0329. The molecule has 1 N–H and O–H groups in total. The van der Waals surface area contributed by atoms with E-state index in [-0.39, 0.29) is 24.7 Å². The number of aromatic nitrogens is 1. The molecule has 0 atom stereocenters. The van der Waals surface area contributed by atoms with Gasteiger partial charge in [0.1, 0.15) is 11.2 Å². The third-order valence-electron chi connectivity index (χ3n) is 4.16. The number of hydrogen-bond donors (Lipinski definition) is 1. The van der Waals surface area contributed by atoms with E-state index in [1.807, 2.05) is 6.07 Å². The van der Waals surface area contributed by atoms with E-state index in [0.29, 0.717) is 24.2 Å². The Morgan fingerprint density at radius 1 is 1.41 bits per heavy atom. The van der Waals surface area contributed by atoms with Gasteiger partial charge in [0.05, 0.1) is 11.5 Å². The lowest BCUT2D eigenvalue weighted by Gasteiger charge is -2.16. The molecule has 7 nitrogen and oxygen atoms in total. The van der Waals surface area contributed by atoms with Crippen molar-refractivity contribution in [2.24, 2.45) is 0 Å². The third-order valence-corrected chi connectivity index (χ3v) is 4.16. The fourth-order valence-electron chi connectivity index (χ4n) is 3.20. The molecular weight excluding hydrogens is 286 g/mol. The number of para-hydroxylation sites is 1. The van der Waals surface area contributed by atoms with E-state index in [0.717, 1.165) is 17.4 Å². The molecule has 1 aliphatic rings. The molecule has 7 heteroatoms.